The van der Waals surface area contributed by atoms with Crippen LogP contribution in [0.15, 0.2) is 47.5 Å². The average molecular weight is 520 g/mol. The third-order valence-corrected chi connectivity index (χ3v) is 6.55. The molecule has 0 fully saturated rings. The number of hydrogen-bond donors (Lipinski definition) is 1. The minimum atomic E-state index is -4.06. The van der Waals surface area contributed by atoms with Gasteiger partial charge in [-0.15, -0.1) is 0 Å². The minimum absolute atomic E-state index is 0.0267. The van der Waals surface area contributed by atoms with Crippen LogP contribution in [-0.4, -0.2) is 13.0 Å². The zero-order valence-electron chi connectivity index (χ0n) is 14.9. The highest BCUT2D eigenvalue weighted by atomic mass is 127. The minimum Gasteiger partial charge on any atom is -0.338 e. The molecule has 28 heavy (non-hydrogen) atoms. The topological polar surface area (TPSA) is 51.1 Å². The van der Waals surface area contributed by atoms with Gasteiger partial charge in [-0.25, -0.2) is 13.2 Å². The second kappa shape index (κ2) is 7.78. The summed E-state index contributed by atoms with van der Waals surface area (Å²) >= 11 is 1.93. The molecule has 0 atom stereocenters. The fourth-order valence-electron chi connectivity index (χ4n) is 2.77. The van der Waals surface area contributed by atoms with Gasteiger partial charge in [0.2, 0.25) is 0 Å². The Kier molecular flexibility index (Phi) is 5.76. The van der Waals surface area contributed by atoms with Gasteiger partial charge in [0.05, 0.1) is 5.69 Å². The average Bonchev–Trinajstić information content (AvgIpc) is 2.96. The van der Waals surface area contributed by atoms with Gasteiger partial charge < -0.3 is 4.57 Å². The molecule has 0 bridgehead atoms. The Morgan fingerprint density at radius 2 is 1.75 bits per heavy atom. The molecule has 0 unspecified atom stereocenters. The van der Waals surface area contributed by atoms with Gasteiger partial charge in [-0.3, -0.25) is 4.72 Å². The van der Waals surface area contributed by atoms with Crippen molar-refractivity contribution in [1.82, 2.24) is 4.57 Å². The summed E-state index contributed by atoms with van der Waals surface area (Å²) in [6.45, 7) is 1.74. The molecule has 0 saturated heterocycles. The summed E-state index contributed by atoms with van der Waals surface area (Å²) < 4.78 is 72.3. The van der Waals surface area contributed by atoms with Crippen LogP contribution in [0.1, 0.15) is 16.8 Å². The summed E-state index contributed by atoms with van der Waals surface area (Å²) in [6.07, 6.45) is -0.309. The number of halogens is 4. The van der Waals surface area contributed by atoms with E-state index in [1.807, 2.05) is 22.6 Å². The predicted octanol–water partition coefficient (Wildman–Crippen LogP) is 4.75. The van der Waals surface area contributed by atoms with Crippen molar-refractivity contribution in [2.45, 2.75) is 18.4 Å². The largest absolute Gasteiger partial charge is 0.338 e. The Morgan fingerprint density at radius 1 is 1.04 bits per heavy atom. The highest BCUT2D eigenvalue weighted by Gasteiger charge is 2.23. The van der Waals surface area contributed by atoms with E-state index in [-0.39, 0.29) is 28.3 Å². The molecule has 148 valence electrons. The highest BCUT2D eigenvalue weighted by Crippen LogP contribution is 2.28. The van der Waals surface area contributed by atoms with E-state index in [1.54, 1.807) is 26.1 Å². The first kappa shape index (κ1) is 20.7. The number of sulfonamides is 1. The van der Waals surface area contributed by atoms with Gasteiger partial charge in [0, 0.05) is 28.3 Å². The fourth-order valence-corrected chi connectivity index (χ4v) is 4.56. The van der Waals surface area contributed by atoms with Crippen LogP contribution >= 0.6 is 22.6 Å². The van der Waals surface area contributed by atoms with E-state index in [1.165, 1.54) is 22.8 Å². The lowest BCUT2D eigenvalue weighted by atomic mass is 10.0. The maximum absolute atomic E-state index is 14.5. The molecular formula is C19H16F3IN2O2S. The molecular weight excluding hydrogens is 504 g/mol. The summed E-state index contributed by atoms with van der Waals surface area (Å²) in [4.78, 5) is 0. The third kappa shape index (κ3) is 4.04. The molecule has 0 aliphatic heterocycles. The monoisotopic (exact) mass is 520 g/mol. The van der Waals surface area contributed by atoms with Crippen LogP contribution in [-0.2, 0) is 23.5 Å². The van der Waals surface area contributed by atoms with Crippen molar-refractivity contribution in [1.29, 1.82) is 0 Å². The summed E-state index contributed by atoms with van der Waals surface area (Å²) in [7, 11) is -2.48. The molecule has 3 rings (SSSR count). The Bertz CT molecular complexity index is 1160. The van der Waals surface area contributed by atoms with Gasteiger partial charge in [-0.1, -0.05) is 6.07 Å². The van der Waals surface area contributed by atoms with Crippen molar-refractivity contribution in [3.63, 3.8) is 0 Å². The molecule has 0 aliphatic rings. The predicted molar refractivity (Wildman–Crippen MR) is 109 cm³/mol. The van der Waals surface area contributed by atoms with Crippen LogP contribution in [0.25, 0.3) is 0 Å². The van der Waals surface area contributed by atoms with Crippen LogP contribution in [0.2, 0.25) is 0 Å². The SMILES string of the molecule is Cc1ccc(S(=O)(=O)Nc2ccc(F)c(F)c2Cc2ccc(I)cc2F)n1C. The number of nitrogens with one attached hydrogen (secondary N) is 1. The summed E-state index contributed by atoms with van der Waals surface area (Å²) in [5, 5.41) is -0.0267. The molecule has 3 aromatic rings. The quantitative estimate of drug-likeness (QED) is 0.494. The molecule has 0 aliphatic carbocycles. The Balaban J connectivity index is 2.05. The van der Waals surface area contributed by atoms with Crippen LogP contribution in [0.3, 0.4) is 0 Å². The molecule has 2 aromatic carbocycles. The number of hydrogen-bond acceptors (Lipinski definition) is 2. The van der Waals surface area contributed by atoms with E-state index in [0.717, 1.165) is 12.1 Å². The van der Waals surface area contributed by atoms with Crippen molar-refractivity contribution in [2.75, 3.05) is 4.72 Å². The Morgan fingerprint density at radius 3 is 2.36 bits per heavy atom. The van der Waals surface area contributed by atoms with Crippen LogP contribution < -0.4 is 4.72 Å². The zero-order valence-corrected chi connectivity index (χ0v) is 17.9. The van der Waals surface area contributed by atoms with Gasteiger partial charge >= 0.3 is 0 Å². The standard InChI is InChI=1S/C19H16F3IN2O2S/c1-11-3-8-18(25(11)2)28(26,27)24-17-7-6-15(20)19(22)14(17)9-12-4-5-13(23)10-16(12)21/h3-8,10,24H,9H2,1-2H3. The fraction of sp³-hybridized carbons (Fsp3) is 0.158. The summed E-state index contributed by atoms with van der Waals surface area (Å²) in [5.41, 5.74) is 0.428. The molecule has 1 aromatic heterocycles. The molecule has 1 N–H and O–H groups in total. The molecule has 1 heterocycles. The van der Waals surface area contributed by atoms with Crippen LogP contribution in [0, 0.1) is 27.9 Å². The van der Waals surface area contributed by atoms with Crippen LogP contribution in [0.5, 0.6) is 0 Å². The molecule has 0 amide bonds. The molecule has 0 radical (unpaired) electrons. The van der Waals surface area contributed by atoms with E-state index in [9.17, 15) is 21.6 Å². The smallest absolute Gasteiger partial charge is 0.277 e. The molecule has 9 heteroatoms. The molecule has 0 saturated carbocycles. The van der Waals surface area contributed by atoms with Crippen molar-refractivity contribution in [3.8, 4) is 0 Å². The first-order chi connectivity index (χ1) is 13.1. The number of anilines is 1. The Hall–Kier alpha value is -2.01. The lowest BCUT2D eigenvalue weighted by Crippen LogP contribution is -2.18. The van der Waals surface area contributed by atoms with Gasteiger partial charge in [-0.2, -0.15) is 8.42 Å². The lowest BCUT2D eigenvalue weighted by molar-refractivity contribution is 0.500. The van der Waals surface area contributed by atoms with E-state index < -0.39 is 27.5 Å². The van der Waals surface area contributed by atoms with Gasteiger partial charge in [0.1, 0.15) is 5.82 Å². The van der Waals surface area contributed by atoms with Gasteiger partial charge in [0.15, 0.2) is 16.7 Å². The van der Waals surface area contributed by atoms with Crippen LogP contribution in [0.4, 0.5) is 18.9 Å². The highest BCUT2D eigenvalue weighted by molar-refractivity contribution is 14.1. The van der Waals surface area contributed by atoms with Gasteiger partial charge in [-0.05, 0) is 71.5 Å². The lowest BCUT2D eigenvalue weighted by Gasteiger charge is -2.15. The first-order valence-electron chi connectivity index (χ1n) is 8.16. The van der Waals surface area contributed by atoms with E-state index in [4.69, 9.17) is 0 Å². The van der Waals surface area contributed by atoms with Crippen molar-refractivity contribution >= 4 is 38.3 Å². The normalized spacial score (nSPS) is 11.6. The van der Waals surface area contributed by atoms with E-state index in [0.29, 0.717) is 9.26 Å². The van der Waals surface area contributed by atoms with Crippen molar-refractivity contribution < 1.29 is 21.6 Å². The number of aryl methyl sites for hydroxylation is 1. The first-order valence-corrected chi connectivity index (χ1v) is 10.7. The maximum atomic E-state index is 14.5. The Labute approximate surface area is 174 Å². The van der Waals surface area contributed by atoms with E-state index in [2.05, 4.69) is 4.72 Å². The number of aromatic nitrogens is 1. The van der Waals surface area contributed by atoms with E-state index >= 15 is 0 Å². The second-order valence-electron chi connectivity index (χ2n) is 6.28. The number of benzene rings is 2. The maximum Gasteiger partial charge on any atom is 0.277 e. The molecule has 0 spiro atoms. The number of nitrogens with zero attached hydrogens (tertiary/aromatic N) is 1. The third-order valence-electron chi connectivity index (χ3n) is 4.42. The summed E-state index contributed by atoms with van der Waals surface area (Å²) in [6, 6.07) is 9.36. The van der Waals surface area contributed by atoms with Crippen molar-refractivity contribution in [3.05, 3.63) is 80.3 Å². The van der Waals surface area contributed by atoms with Gasteiger partial charge in [0.25, 0.3) is 10.0 Å². The van der Waals surface area contributed by atoms with Crippen molar-refractivity contribution in [2.24, 2.45) is 7.05 Å². The molecule has 4 nitrogen and oxygen atoms in total. The zero-order chi connectivity index (χ0) is 20.6. The summed E-state index contributed by atoms with van der Waals surface area (Å²) in [5.74, 6) is -2.94. The second-order valence-corrected chi connectivity index (χ2v) is 9.15. The number of rotatable bonds is 5.